The summed E-state index contributed by atoms with van der Waals surface area (Å²) in [5, 5.41) is 18.4. The Labute approximate surface area is 178 Å². The van der Waals surface area contributed by atoms with Gasteiger partial charge < -0.3 is 9.47 Å². The molecule has 0 N–H and O–H groups in total. The summed E-state index contributed by atoms with van der Waals surface area (Å²) < 4.78 is 12.4. The summed E-state index contributed by atoms with van der Waals surface area (Å²) >= 11 is 3.42. The number of hydrogen-bond donors (Lipinski definition) is 0. The standard InChI is InChI=1S/C24H17BrN2O2/c1-28-24-13-19(12-21(15-27)20-7-2-17(14-26)3-8-20)6-11-23(24)29-16-18-4-9-22(25)10-5-18/h2-13H,16H2,1H3/b21-12+. The molecule has 0 saturated heterocycles. The number of nitriles is 2. The normalized spacial score (nSPS) is 10.7. The highest BCUT2D eigenvalue weighted by molar-refractivity contribution is 9.10. The third-order valence-electron chi connectivity index (χ3n) is 4.25. The van der Waals surface area contributed by atoms with Gasteiger partial charge >= 0.3 is 0 Å². The summed E-state index contributed by atoms with van der Waals surface area (Å²) in [5.41, 5.74) is 3.67. The molecule has 5 heteroatoms. The Morgan fingerprint density at radius 3 is 2.31 bits per heavy atom. The minimum absolute atomic E-state index is 0.424. The number of benzene rings is 3. The van der Waals surface area contributed by atoms with Gasteiger partial charge in [-0.2, -0.15) is 10.5 Å². The summed E-state index contributed by atoms with van der Waals surface area (Å²) in [6.07, 6.45) is 1.78. The van der Waals surface area contributed by atoms with Gasteiger partial charge in [0.25, 0.3) is 0 Å². The van der Waals surface area contributed by atoms with Gasteiger partial charge in [0.05, 0.1) is 30.4 Å². The Morgan fingerprint density at radius 2 is 1.69 bits per heavy atom. The lowest BCUT2D eigenvalue weighted by molar-refractivity contribution is 0.284. The molecule has 0 aliphatic carbocycles. The molecule has 0 radical (unpaired) electrons. The van der Waals surface area contributed by atoms with Gasteiger partial charge in [-0.3, -0.25) is 0 Å². The predicted molar refractivity (Wildman–Crippen MR) is 116 cm³/mol. The van der Waals surface area contributed by atoms with Crippen molar-refractivity contribution in [2.45, 2.75) is 6.61 Å². The Bertz CT molecular complexity index is 1110. The van der Waals surface area contributed by atoms with Crippen LogP contribution in [0.3, 0.4) is 0 Å². The number of hydrogen-bond acceptors (Lipinski definition) is 4. The molecule has 0 atom stereocenters. The first-order valence-corrected chi connectivity index (χ1v) is 9.60. The first kappa shape index (κ1) is 20.2. The van der Waals surface area contributed by atoms with Crippen LogP contribution in [-0.2, 0) is 6.61 Å². The SMILES string of the molecule is COc1cc(/C=C(\C#N)c2ccc(C#N)cc2)ccc1OCc1ccc(Br)cc1. The molecule has 29 heavy (non-hydrogen) atoms. The Balaban J connectivity index is 1.81. The molecular weight excluding hydrogens is 428 g/mol. The molecule has 0 heterocycles. The largest absolute Gasteiger partial charge is 0.493 e. The summed E-state index contributed by atoms with van der Waals surface area (Å²) in [6.45, 7) is 0.424. The number of methoxy groups -OCH3 is 1. The topological polar surface area (TPSA) is 66.0 Å². The maximum atomic E-state index is 9.54. The van der Waals surface area contributed by atoms with Gasteiger partial charge in [-0.05, 0) is 59.2 Å². The average Bonchev–Trinajstić information content (AvgIpc) is 2.77. The van der Waals surface area contributed by atoms with Crippen molar-refractivity contribution in [2.24, 2.45) is 0 Å². The highest BCUT2D eigenvalue weighted by Crippen LogP contribution is 2.30. The molecule has 0 aliphatic heterocycles. The summed E-state index contributed by atoms with van der Waals surface area (Å²) in [7, 11) is 1.58. The first-order chi connectivity index (χ1) is 14.1. The molecule has 3 aromatic rings. The van der Waals surface area contributed by atoms with E-state index in [9.17, 15) is 5.26 Å². The van der Waals surface area contributed by atoms with Crippen LogP contribution >= 0.6 is 15.9 Å². The molecule has 0 aromatic heterocycles. The molecule has 0 fully saturated rings. The van der Waals surface area contributed by atoms with E-state index >= 15 is 0 Å². The third-order valence-corrected chi connectivity index (χ3v) is 4.78. The van der Waals surface area contributed by atoms with E-state index in [1.165, 1.54) is 0 Å². The van der Waals surface area contributed by atoms with Crippen molar-refractivity contribution in [3.8, 4) is 23.6 Å². The summed E-state index contributed by atoms with van der Waals surface area (Å²) in [4.78, 5) is 0. The van der Waals surface area contributed by atoms with Crippen molar-refractivity contribution in [3.63, 3.8) is 0 Å². The monoisotopic (exact) mass is 444 g/mol. The minimum Gasteiger partial charge on any atom is -0.493 e. The zero-order chi connectivity index (χ0) is 20.6. The van der Waals surface area contributed by atoms with Crippen LogP contribution in [0.5, 0.6) is 11.5 Å². The van der Waals surface area contributed by atoms with Crippen LogP contribution in [0.25, 0.3) is 11.6 Å². The van der Waals surface area contributed by atoms with E-state index in [1.54, 1.807) is 37.5 Å². The molecule has 0 spiro atoms. The molecule has 0 bridgehead atoms. The maximum absolute atomic E-state index is 9.54. The van der Waals surface area contributed by atoms with E-state index in [1.807, 2.05) is 42.5 Å². The quantitative estimate of drug-likeness (QED) is 0.346. The van der Waals surface area contributed by atoms with Gasteiger partial charge in [0.2, 0.25) is 0 Å². The Kier molecular flexibility index (Phi) is 6.68. The van der Waals surface area contributed by atoms with Crippen molar-refractivity contribution in [1.29, 1.82) is 10.5 Å². The van der Waals surface area contributed by atoms with Crippen molar-refractivity contribution < 1.29 is 9.47 Å². The lowest BCUT2D eigenvalue weighted by atomic mass is 10.0. The number of halogens is 1. The van der Waals surface area contributed by atoms with Crippen LogP contribution < -0.4 is 9.47 Å². The van der Waals surface area contributed by atoms with Gasteiger partial charge in [0, 0.05) is 4.47 Å². The molecule has 142 valence electrons. The third kappa shape index (κ3) is 5.25. The number of ether oxygens (including phenoxy) is 2. The summed E-state index contributed by atoms with van der Waals surface area (Å²) in [6, 6.07) is 24.7. The van der Waals surface area contributed by atoms with E-state index in [2.05, 4.69) is 28.1 Å². The van der Waals surface area contributed by atoms with Gasteiger partial charge in [-0.15, -0.1) is 0 Å². The van der Waals surface area contributed by atoms with Crippen LogP contribution in [-0.4, -0.2) is 7.11 Å². The fourth-order valence-electron chi connectivity index (χ4n) is 2.71. The second-order valence-corrected chi connectivity index (χ2v) is 7.10. The van der Waals surface area contributed by atoms with Gasteiger partial charge in [0.15, 0.2) is 11.5 Å². The number of nitrogens with zero attached hydrogens (tertiary/aromatic N) is 2. The summed E-state index contributed by atoms with van der Waals surface area (Å²) in [5.74, 6) is 1.22. The lowest BCUT2D eigenvalue weighted by Gasteiger charge is -2.12. The molecule has 0 amide bonds. The van der Waals surface area contributed by atoms with Crippen LogP contribution in [0.2, 0.25) is 0 Å². The zero-order valence-electron chi connectivity index (χ0n) is 15.7. The van der Waals surface area contributed by atoms with Gasteiger partial charge in [-0.1, -0.05) is 46.3 Å². The van der Waals surface area contributed by atoms with E-state index in [0.717, 1.165) is 21.2 Å². The van der Waals surface area contributed by atoms with Crippen molar-refractivity contribution in [2.75, 3.05) is 7.11 Å². The highest BCUT2D eigenvalue weighted by Gasteiger charge is 2.08. The van der Waals surface area contributed by atoms with Gasteiger partial charge in [0.1, 0.15) is 6.61 Å². The van der Waals surface area contributed by atoms with Crippen molar-refractivity contribution >= 4 is 27.6 Å². The van der Waals surface area contributed by atoms with E-state index in [-0.39, 0.29) is 0 Å². The van der Waals surface area contributed by atoms with E-state index in [4.69, 9.17) is 14.7 Å². The smallest absolute Gasteiger partial charge is 0.161 e. The molecular formula is C24H17BrN2O2. The zero-order valence-corrected chi connectivity index (χ0v) is 17.3. The molecule has 0 saturated carbocycles. The minimum atomic E-state index is 0.424. The Morgan fingerprint density at radius 1 is 0.966 bits per heavy atom. The second-order valence-electron chi connectivity index (χ2n) is 6.18. The lowest BCUT2D eigenvalue weighted by Crippen LogP contribution is -1.98. The molecule has 4 nitrogen and oxygen atoms in total. The molecule has 0 unspecified atom stereocenters. The fourth-order valence-corrected chi connectivity index (χ4v) is 2.97. The number of rotatable bonds is 6. The fraction of sp³-hybridized carbons (Fsp3) is 0.0833. The highest BCUT2D eigenvalue weighted by atomic mass is 79.9. The van der Waals surface area contributed by atoms with Crippen LogP contribution in [0.1, 0.15) is 22.3 Å². The van der Waals surface area contributed by atoms with E-state index < -0.39 is 0 Å². The van der Waals surface area contributed by atoms with Gasteiger partial charge in [-0.25, -0.2) is 0 Å². The second kappa shape index (κ2) is 9.59. The first-order valence-electron chi connectivity index (χ1n) is 8.80. The van der Waals surface area contributed by atoms with E-state index in [0.29, 0.717) is 29.2 Å². The van der Waals surface area contributed by atoms with Crippen LogP contribution in [0, 0.1) is 22.7 Å². The predicted octanol–water partition coefficient (Wildman–Crippen LogP) is 5.97. The maximum Gasteiger partial charge on any atom is 0.161 e. The van der Waals surface area contributed by atoms with Crippen molar-refractivity contribution in [1.82, 2.24) is 0 Å². The van der Waals surface area contributed by atoms with Crippen LogP contribution in [0.15, 0.2) is 71.2 Å². The van der Waals surface area contributed by atoms with Crippen LogP contribution in [0.4, 0.5) is 0 Å². The Hall–Kier alpha value is -3.54. The molecule has 3 aromatic carbocycles. The molecule has 0 aliphatic rings. The average molecular weight is 445 g/mol. The molecule has 3 rings (SSSR count). The number of allylic oxidation sites excluding steroid dienone is 1. The van der Waals surface area contributed by atoms with Crippen molar-refractivity contribution in [3.05, 3.63) is 93.5 Å².